The van der Waals surface area contributed by atoms with Crippen molar-refractivity contribution < 1.29 is 18.8 Å². The van der Waals surface area contributed by atoms with Crippen molar-refractivity contribution >= 4 is 23.3 Å². The zero-order chi connectivity index (χ0) is 21.2. The minimum absolute atomic E-state index is 0.0485. The van der Waals surface area contributed by atoms with Gasteiger partial charge in [0.2, 0.25) is 0 Å². The van der Waals surface area contributed by atoms with Gasteiger partial charge in [-0.3, -0.25) is 4.98 Å². The third-order valence-electron chi connectivity index (χ3n) is 4.25. The molecule has 2 aromatic rings. The lowest BCUT2D eigenvalue weighted by Crippen LogP contribution is -2.43. The first kappa shape index (κ1) is 20.4. The number of hydrogen-bond donors (Lipinski definition) is 2. The van der Waals surface area contributed by atoms with E-state index < -0.39 is 22.7 Å². The minimum atomic E-state index is -0.683. The van der Waals surface area contributed by atoms with E-state index >= 15 is 0 Å². The van der Waals surface area contributed by atoms with Gasteiger partial charge in [-0.15, -0.1) is 0 Å². The molecule has 0 radical (unpaired) electrons. The van der Waals surface area contributed by atoms with Gasteiger partial charge < -0.3 is 25.5 Å². The Balaban J connectivity index is 1.70. The maximum absolute atomic E-state index is 13.4. The standard InChI is InChI=1S/C19H22FN5O4/c1-19(2,3)24-18(26)29-14-5-4-11-6-13(10-21-15(11)8-14)23-16-7-12(20)9-22-17(16)25(27)28/h6-7,9-10,14,23H,4-5,8H2,1-3H3,(H,24,26). The molecule has 0 fully saturated rings. The molecule has 1 atom stereocenters. The highest BCUT2D eigenvalue weighted by molar-refractivity contribution is 5.68. The predicted molar refractivity (Wildman–Crippen MR) is 104 cm³/mol. The van der Waals surface area contributed by atoms with E-state index in [9.17, 15) is 19.3 Å². The molecule has 0 aliphatic heterocycles. The Morgan fingerprint density at radius 2 is 2.07 bits per heavy atom. The average Bonchev–Trinajstić information content (AvgIpc) is 2.60. The van der Waals surface area contributed by atoms with Crippen molar-refractivity contribution in [2.45, 2.75) is 51.7 Å². The molecule has 1 amide bonds. The minimum Gasteiger partial charge on any atom is -0.446 e. The number of aromatic nitrogens is 2. The van der Waals surface area contributed by atoms with Gasteiger partial charge in [0.1, 0.15) is 11.8 Å². The highest BCUT2D eigenvalue weighted by Crippen LogP contribution is 2.29. The van der Waals surface area contributed by atoms with Crippen molar-refractivity contribution in [3.05, 3.63) is 51.7 Å². The molecular formula is C19H22FN5O4. The number of carbonyl (C=O) groups excluding carboxylic acids is 1. The number of ether oxygens (including phenoxy) is 1. The first-order valence-electron chi connectivity index (χ1n) is 9.14. The Morgan fingerprint density at radius 1 is 1.31 bits per heavy atom. The molecule has 154 valence electrons. The van der Waals surface area contributed by atoms with Crippen molar-refractivity contribution in [2.75, 3.05) is 5.32 Å². The van der Waals surface area contributed by atoms with E-state index in [0.29, 0.717) is 24.9 Å². The van der Waals surface area contributed by atoms with Crippen LogP contribution in [0.15, 0.2) is 24.5 Å². The molecule has 0 spiro atoms. The van der Waals surface area contributed by atoms with E-state index in [1.165, 1.54) is 6.20 Å². The van der Waals surface area contributed by atoms with Crippen LogP contribution in [0.5, 0.6) is 0 Å². The molecule has 3 rings (SSSR count). The first-order chi connectivity index (χ1) is 13.6. The normalized spacial score (nSPS) is 15.9. The first-order valence-corrected chi connectivity index (χ1v) is 9.14. The van der Waals surface area contributed by atoms with Crippen LogP contribution in [-0.4, -0.2) is 32.6 Å². The number of rotatable bonds is 4. The second kappa shape index (κ2) is 7.98. The van der Waals surface area contributed by atoms with Crippen LogP contribution in [0.25, 0.3) is 0 Å². The van der Waals surface area contributed by atoms with E-state index in [1.54, 1.807) is 0 Å². The van der Waals surface area contributed by atoms with Crippen molar-refractivity contribution in [3.8, 4) is 0 Å². The van der Waals surface area contributed by atoms with Gasteiger partial charge in [0.15, 0.2) is 12.0 Å². The van der Waals surface area contributed by atoms with Gasteiger partial charge in [-0.2, -0.15) is 0 Å². The van der Waals surface area contributed by atoms with E-state index in [-0.39, 0.29) is 17.3 Å². The maximum atomic E-state index is 13.4. The Kier molecular flexibility index (Phi) is 5.62. The van der Waals surface area contributed by atoms with E-state index in [4.69, 9.17) is 4.74 Å². The zero-order valence-corrected chi connectivity index (χ0v) is 16.4. The zero-order valence-electron chi connectivity index (χ0n) is 16.4. The molecule has 1 aliphatic carbocycles. The van der Waals surface area contributed by atoms with Crippen molar-refractivity contribution in [1.82, 2.24) is 15.3 Å². The van der Waals surface area contributed by atoms with Crippen molar-refractivity contribution in [1.29, 1.82) is 0 Å². The number of pyridine rings is 2. The SMILES string of the molecule is CC(C)(C)NC(=O)OC1CCc2cc(Nc3cc(F)cnc3[N+](=O)[O-])cnc2C1. The summed E-state index contributed by atoms with van der Waals surface area (Å²) in [5.74, 6) is -1.15. The van der Waals surface area contributed by atoms with Crippen LogP contribution in [0.1, 0.15) is 38.4 Å². The van der Waals surface area contributed by atoms with Crippen molar-refractivity contribution in [2.24, 2.45) is 0 Å². The summed E-state index contributed by atoms with van der Waals surface area (Å²) in [5, 5.41) is 16.7. The number of anilines is 2. The monoisotopic (exact) mass is 403 g/mol. The molecule has 9 nitrogen and oxygen atoms in total. The summed E-state index contributed by atoms with van der Waals surface area (Å²) in [7, 11) is 0. The molecule has 1 aliphatic rings. The fraction of sp³-hybridized carbons (Fsp3) is 0.421. The summed E-state index contributed by atoms with van der Waals surface area (Å²) in [6.07, 6.45) is 3.32. The molecule has 0 aromatic carbocycles. The molecule has 10 heteroatoms. The van der Waals surface area contributed by atoms with Gasteiger partial charge in [-0.1, -0.05) is 0 Å². The number of alkyl carbamates (subject to hydrolysis) is 1. The second-order valence-corrected chi connectivity index (χ2v) is 7.88. The predicted octanol–water partition coefficient (Wildman–Crippen LogP) is 3.65. The number of aryl methyl sites for hydroxylation is 1. The lowest BCUT2D eigenvalue weighted by molar-refractivity contribution is -0.388. The molecule has 0 saturated heterocycles. The van der Waals surface area contributed by atoms with Crippen LogP contribution in [0.4, 0.5) is 26.4 Å². The number of carbonyl (C=O) groups is 1. The van der Waals surface area contributed by atoms with Gasteiger partial charge in [0.05, 0.1) is 11.9 Å². The molecule has 2 N–H and O–H groups in total. The van der Waals surface area contributed by atoms with Crippen molar-refractivity contribution in [3.63, 3.8) is 0 Å². The molecule has 2 heterocycles. The van der Waals surface area contributed by atoms with Gasteiger partial charge in [0.25, 0.3) is 0 Å². The fourth-order valence-electron chi connectivity index (χ4n) is 3.05. The van der Waals surface area contributed by atoms with Gasteiger partial charge >= 0.3 is 11.9 Å². The summed E-state index contributed by atoms with van der Waals surface area (Å²) < 4.78 is 18.9. The molecule has 29 heavy (non-hydrogen) atoms. The highest BCUT2D eigenvalue weighted by atomic mass is 19.1. The number of hydrogen-bond acceptors (Lipinski definition) is 7. The number of nitrogens with zero attached hydrogens (tertiary/aromatic N) is 3. The maximum Gasteiger partial charge on any atom is 0.407 e. The van der Waals surface area contributed by atoms with E-state index in [1.807, 2.05) is 26.8 Å². The molecular weight excluding hydrogens is 381 g/mol. The Bertz CT molecular complexity index is 945. The molecule has 1 unspecified atom stereocenters. The van der Waals surface area contributed by atoms with Crippen LogP contribution in [-0.2, 0) is 17.6 Å². The highest BCUT2D eigenvalue weighted by Gasteiger charge is 2.25. The van der Waals surface area contributed by atoms with Gasteiger partial charge in [0, 0.05) is 23.7 Å². The van der Waals surface area contributed by atoms with Crippen LogP contribution >= 0.6 is 0 Å². The largest absolute Gasteiger partial charge is 0.446 e. The van der Waals surface area contributed by atoms with Gasteiger partial charge in [-0.05, 0) is 55.1 Å². The topological polar surface area (TPSA) is 119 Å². The summed E-state index contributed by atoms with van der Waals surface area (Å²) >= 11 is 0. The number of halogens is 1. The second-order valence-electron chi connectivity index (χ2n) is 7.88. The number of amides is 1. The molecule has 0 saturated carbocycles. The number of nitrogens with one attached hydrogen (secondary N) is 2. The summed E-state index contributed by atoms with van der Waals surface area (Å²) in [5.41, 5.74) is 1.80. The molecule has 0 bridgehead atoms. The third kappa shape index (κ3) is 5.37. The lowest BCUT2D eigenvalue weighted by Gasteiger charge is -2.27. The third-order valence-corrected chi connectivity index (χ3v) is 4.25. The Morgan fingerprint density at radius 3 is 2.76 bits per heavy atom. The molecule has 2 aromatic heterocycles. The lowest BCUT2D eigenvalue weighted by atomic mass is 9.93. The van der Waals surface area contributed by atoms with Crippen LogP contribution < -0.4 is 10.6 Å². The average molecular weight is 403 g/mol. The summed E-state index contributed by atoms with van der Waals surface area (Å²) in [6.45, 7) is 5.62. The summed E-state index contributed by atoms with van der Waals surface area (Å²) in [4.78, 5) is 30.3. The number of fused-ring (bicyclic) bond motifs is 1. The van der Waals surface area contributed by atoms with Gasteiger partial charge in [-0.25, -0.2) is 9.18 Å². The van der Waals surface area contributed by atoms with Crippen LogP contribution in [0.3, 0.4) is 0 Å². The number of nitro groups is 1. The summed E-state index contributed by atoms with van der Waals surface area (Å²) in [6, 6.07) is 2.82. The fourth-order valence-corrected chi connectivity index (χ4v) is 3.05. The quantitative estimate of drug-likeness (QED) is 0.591. The van der Waals surface area contributed by atoms with Crippen LogP contribution in [0.2, 0.25) is 0 Å². The van der Waals surface area contributed by atoms with Crippen LogP contribution in [0, 0.1) is 15.9 Å². The van der Waals surface area contributed by atoms with E-state index in [0.717, 1.165) is 23.5 Å². The van der Waals surface area contributed by atoms with E-state index in [2.05, 4.69) is 20.6 Å². The smallest absolute Gasteiger partial charge is 0.407 e. The Hall–Kier alpha value is -3.30. The Labute approximate surface area is 166 Å².